The van der Waals surface area contributed by atoms with Crippen molar-refractivity contribution >= 4 is 26.0 Å². The molecule has 1 N–H and O–H groups in total. The molecule has 4 nitrogen and oxygen atoms in total. The van der Waals surface area contributed by atoms with Crippen molar-refractivity contribution in [1.82, 2.24) is 9.62 Å². The average molecular weight is 375 g/mol. The van der Waals surface area contributed by atoms with Gasteiger partial charge in [0.2, 0.25) is 10.0 Å². The van der Waals surface area contributed by atoms with Gasteiger partial charge < -0.3 is 5.32 Å². The van der Waals surface area contributed by atoms with Gasteiger partial charge in [0.1, 0.15) is 0 Å². The molecular weight excluding hydrogens is 352 g/mol. The molecule has 1 fully saturated rings. The number of piperidine rings is 1. The van der Waals surface area contributed by atoms with Crippen molar-refractivity contribution in [2.75, 3.05) is 13.6 Å². The van der Waals surface area contributed by atoms with Crippen LogP contribution in [0.5, 0.6) is 0 Å². The highest BCUT2D eigenvalue weighted by molar-refractivity contribution is 9.10. The molecule has 2 rings (SSSR count). The summed E-state index contributed by atoms with van der Waals surface area (Å²) in [5.74, 6) is 0.588. The van der Waals surface area contributed by atoms with E-state index >= 15 is 0 Å². The zero-order valence-electron chi connectivity index (χ0n) is 12.8. The standard InChI is InChI=1S/C15H23BrN2O2S/c1-11-6-7-18(12(2)8-11)21(19,20)15-9-13(10-17-3)4-5-14(15)16/h4-5,9,11-12,17H,6-8,10H2,1-3H3. The molecule has 2 atom stereocenters. The van der Waals surface area contributed by atoms with E-state index in [-0.39, 0.29) is 6.04 Å². The molecule has 118 valence electrons. The lowest BCUT2D eigenvalue weighted by atomic mass is 9.95. The van der Waals surface area contributed by atoms with Crippen LogP contribution in [0.15, 0.2) is 27.6 Å². The highest BCUT2D eigenvalue weighted by Gasteiger charge is 2.34. The number of rotatable bonds is 4. The van der Waals surface area contributed by atoms with Crippen molar-refractivity contribution in [1.29, 1.82) is 0 Å². The van der Waals surface area contributed by atoms with E-state index in [0.29, 0.717) is 28.4 Å². The van der Waals surface area contributed by atoms with Crippen LogP contribution in [0.3, 0.4) is 0 Å². The molecule has 0 aliphatic carbocycles. The molecule has 0 spiro atoms. The normalized spacial score (nSPS) is 24.2. The Balaban J connectivity index is 2.37. The van der Waals surface area contributed by atoms with Gasteiger partial charge >= 0.3 is 0 Å². The van der Waals surface area contributed by atoms with Gasteiger partial charge in [-0.15, -0.1) is 0 Å². The van der Waals surface area contributed by atoms with Gasteiger partial charge in [-0.1, -0.05) is 13.0 Å². The number of hydrogen-bond acceptors (Lipinski definition) is 3. The number of nitrogens with one attached hydrogen (secondary N) is 1. The number of hydrogen-bond donors (Lipinski definition) is 1. The molecular formula is C15H23BrN2O2S. The van der Waals surface area contributed by atoms with Gasteiger partial charge in [0.25, 0.3) is 0 Å². The van der Waals surface area contributed by atoms with Crippen molar-refractivity contribution in [2.24, 2.45) is 5.92 Å². The van der Waals surface area contributed by atoms with Crippen LogP contribution < -0.4 is 5.32 Å². The summed E-state index contributed by atoms with van der Waals surface area (Å²) in [5.41, 5.74) is 0.970. The lowest BCUT2D eigenvalue weighted by molar-refractivity contribution is 0.220. The third-order valence-corrected chi connectivity index (χ3v) is 7.05. The third-order valence-electron chi connectivity index (χ3n) is 4.04. The second kappa shape index (κ2) is 6.77. The van der Waals surface area contributed by atoms with E-state index < -0.39 is 10.0 Å². The molecule has 1 aromatic carbocycles. The monoisotopic (exact) mass is 374 g/mol. The quantitative estimate of drug-likeness (QED) is 0.880. The molecule has 0 bridgehead atoms. The van der Waals surface area contributed by atoms with Crippen LogP contribution in [-0.2, 0) is 16.6 Å². The van der Waals surface area contributed by atoms with Crippen LogP contribution in [0, 0.1) is 5.92 Å². The molecule has 6 heteroatoms. The molecule has 0 aromatic heterocycles. The topological polar surface area (TPSA) is 49.4 Å². The molecule has 0 radical (unpaired) electrons. The fourth-order valence-electron chi connectivity index (χ4n) is 2.93. The summed E-state index contributed by atoms with van der Waals surface area (Å²) in [7, 11) is -1.60. The summed E-state index contributed by atoms with van der Waals surface area (Å²) in [6.07, 6.45) is 1.85. The third kappa shape index (κ3) is 3.67. The van der Waals surface area contributed by atoms with Crippen molar-refractivity contribution in [2.45, 2.75) is 44.2 Å². The first-order chi connectivity index (χ1) is 9.86. The fourth-order valence-corrected chi connectivity index (χ4v) is 5.56. The molecule has 1 aliphatic heterocycles. The Kier molecular flexibility index (Phi) is 5.46. The fraction of sp³-hybridized carbons (Fsp3) is 0.600. The van der Waals surface area contributed by atoms with E-state index in [2.05, 4.69) is 28.2 Å². The Morgan fingerprint density at radius 3 is 2.71 bits per heavy atom. The SMILES string of the molecule is CNCc1ccc(Br)c(S(=O)(=O)N2CCC(C)CC2C)c1. The largest absolute Gasteiger partial charge is 0.316 e. The average Bonchev–Trinajstić information content (AvgIpc) is 2.40. The summed E-state index contributed by atoms with van der Waals surface area (Å²) < 4.78 is 28.2. The van der Waals surface area contributed by atoms with E-state index in [1.54, 1.807) is 10.4 Å². The first-order valence-electron chi connectivity index (χ1n) is 7.31. The minimum atomic E-state index is -3.45. The van der Waals surface area contributed by atoms with E-state index in [4.69, 9.17) is 0 Å². The van der Waals surface area contributed by atoms with Gasteiger partial charge in [0.05, 0.1) is 4.90 Å². The van der Waals surface area contributed by atoms with Crippen LogP contribution in [0.2, 0.25) is 0 Å². The van der Waals surface area contributed by atoms with Gasteiger partial charge in [-0.05, 0) is 66.4 Å². The van der Waals surface area contributed by atoms with Gasteiger partial charge in [0.15, 0.2) is 0 Å². The van der Waals surface area contributed by atoms with E-state index in [1.807, 2.05) is 26.1 Å². The molecule has 1 saturated heterocycles. The number of nitrogens with zero attached hydrogens (tertiary/aromatic N) is 1. The Bertz CT molecular complexity index is 604. The first kappa shape index (κ1) is 16.9. The minimum Gasteiger partial charge on any atom is -0.316 e. The summed E-state index contributed by atoms with van der Waals surface area (Å²) in [6.45, 7) is 5.44. The van der Waals surface area contributed by atoms with E-state index in [9.17, 15) is 8.42 Å². The summed E-state index contributed by atoms with van der Waals surface area (Å²) in [5, 5.41) is 3.05. The maximum atomic E-state index is 13.0. The molecule has 0 saturated carbocycles. The molecule has 1 aliphatic rings. The number of sulfonamides is 1. The number of benzene rings is 1. The van der Waals surface area contributed by atoms with Crippen molar-refractivity contribution in [3.63, 3.8) is 0 Å². The van der Waals surface area contributed by atoms with Gasteiger partial charge in [0, 0.05) is 23.6 Å². The van der Waals surface area contributed by atoms with Gasteiger partial charge in [-0.2, -0.15) is 4.31 Å². The zero-order chi connectivity index (χ0) is 15.6. The molecule has 0 amide bonds. The van der Waals surface area contributed by atoms with Crippen molar-refractivity contribution in [3.8, 4) is 0 Å². The molecule has 1 heterocycles. The van der Waals surface area contributed by atoms with Crippen LogP contribution in [0.1, 0.15) is 32.3 Å². The van der Waals surface area contributed by atoms with Crippen molar-refractivity contribution in [3.05, 3.63) is 28.2 Å². The lowest BCUT2D eigenvalue weighted by Crippen LogP contribution is -2.44. The second-order valence-corrected chi connectivity index (χ2v) is 8.60. The Hall–Kier alpha value is -0.430. The Morgan fingerprint density at radius 2 is 2.10 bits per heavy atom. The van der Waals surface area contributed by atoms with E-state index in [1.165, 1.54) is 0 Å². The van der Waals surface area contributed by atoms with E-state index in [0.717, 1.165) is 18.4 Å². The maximum absolute atomic E-state index is 13.0. The predicted octanol–water partition coefficient (Wildman–Crippen LogP) is 2.98. The second-order valence-electron chi connectivity index (χ2n) is 5.89. The van der Waals surface area contributed by atoms with Gasteiger partial charge in [-0.25, -0.2) is 8.42 Å². The summed E-state index contributed by atoms with van der Waals surface area (Å²) in [4.78, 5) is 0.372. The highest BCUT2D eigenvalue weighted by atomic mass is 79.9. The Morgan fingerprint density at radius 1 is 1.38 bits per heavy atom. The molecule has 21 heavy (non-hydrogen) atoms. The van der Waals surface area contributed by atoms with Crippen LogP contribution >= 0.6 is 15.9 Å². The number of halogens is 1. The Labute approximate surface area is 136 Å². The predicted molar refractivity (Wildman–Crippen MR) is 88.7 cm³/mol. The molecule has 2 unspecified atom stereocenters. The van der Waals surface area contributed by atoms with Crippen LogP contribution in [-0.4, -0.2) is 32.4 Å². The molecule has 1 aromatic rings. The zero-order valence-corrected chi connectivity index (χ0v) is 15.2. The summed E-state index contributed by atoms with van der Waals surface area (Å²) in [6, 6.07) is 5.57. The maximum Gasteiger partial charge on any atom is 0.244 e. The summed E-state index contributed by atoms with van der Waals surface area (Å²) >= 11 is 3.39. The smallest absolute Gasteiger partial charge is 0.244 e. The van der Waals surface area contributed by atoms with Crippen LogP contribution in [0.25, 0.3) is 0 Å². The van der Waals surface area contributed by atoms with Gasteiger partial charge in [-0.3, -0.25) is 0 Å². The lowest BCUT2D eigenvalue weighted by Gasteiger charge is -2.35. The highest BCUT2D eigenvalue weighted by Crippen LogP contribution is 2.32. The minimum absolute atomic E-state index is 0.0543. The van der Waals surface area contributed by atoms with Crippen LogP contribution in [0.4, 0.5) is 0 Å². The first-order valence-corrected chi connectivity index (χ1v) is 9.54. The van der Waals surface area contributed by atoms with Crippen molar-refractivity contribution < 1.29 is 8.42 Å².